The Morgan fingerprint density at radius 1 is 1.06 bits per heavy atom. The van der Waals surface area contributed by atoms with Crippen LogP contribution in [0, 0.1) is 5.92 Å². The van der Waals surface area contributed by atoms with Crippen LogP contribution in [0.25, 0.3) is 6.08 Å². The largest absolute Gasteiger partial charge is 0.463 e. The van der Waals surface area contributed by atoms with Crippen molar-refractivity contribution in [2.24, 2.45) is 5.92 Å². The van der Waals surface area contributed by atoms with Gasteiger partial charge < -0.3 is 4.74 Å². The van der Waals surface area contributed by atoms with Gasteiger partial charge in [0.05, 0.1) is 18.2 Å². The molecule has 1 heterocycles. The summed E-state index contributed by atoms with van der Waals surface area (Å²) in [6.45, 7) is 6.31. The topological polar surface area (TPSA) is 63.7 Å². The average molecular weight is 426 g/mol. The van der Waals surface area contributed by atoms with Gasteiger partial charge in [0.15, 0.2) is 0 Å². The van der Waals surface area contributed by atoms with Crippen molar-refractivity contribution < 1.29 is 19.1 Å². The molecule has 1 saturated heterocycles. The molecular weight excluding hydrogens is 390 g/mol. The second kappa shape index (κ2) is 13.6. The van der Waals surface area contributed by atoms with E-state index in [9.17, 15) is 14.4 Å². The molecule has 1 aliphatic heterocycles. The number of allylic oxidation sites excluding steroid dienone is 1. The zero-order chi connectivity index (χ0) is 22.5. The normalized spacial score (nSPS) is 16.3. The number of nitrogens with zero attached hydrogens (tertiary/aromatic N) is 1. The zero-order valence-electron chi connectivity index (χ0n) is 18.7. The average Bonchev–Trinajstić information content (AvgIpc) is 3.04. The van der Waals surface area contributed by atoms with E-state index in [4.69, 9.17) is 4.74 Å². The van der Waals surface area contributed by atoms with E-state index in [1.807, 2.05) is 0 Å². The highest BCUT2D eigenvalue weighted by Gasteiger charge is 2.38. The maximum absolute atomic E-state index is 12.4. The van der Waals surface area contributed by atoms with E-state index < -0.39 is 0 Å². The number of carbonyl (C=O) groups is 3. The predicted molar refractivity (Wildman–Crippen MR) is 124 cm³/mol. The maximum Gasteiger partial charge on any atom is 0.330 e. The molecule has 1 unspecified atom stereocenters. The van der Waals surface area contributed by atoms with Crippen molar-refractivity contribution in [2.75, 3.05) is 11.5 Å². The molecule has 0 aliphatic carbocycles. The van der Waals surface area contributed by atoms with Crippen molar-refractivity contribution in [3.8, 4) is 0 Å². The van der Waals surface area contributed by atoms with Gasteiger partial charge >= 0.3 is 5.97 Å². The Morgan fingerprint density at radius 2 is 1.71 bits per heavy atom. The minimum atomic E-state index is -0.357. The van der Waals surface area contributed by atoms with Gasteiger partial charge in [-0.2, -0.15) is 0 Å². The first-order chi connectivity index (χ1) is 15.1. The Balaban J connectivity index is 1.71. The minimum Gasteiger partial charge on any atom is -0.463 e. The van der Waals surface area contributed by atoms with Crippen molar-refractivity contribution in [1.82, 2.24) is 0 Å². The molecule has 2 amide bonds. The van der Waals surface area contributed by atoms with Crippen LogP contribution >= 0.6 is 0 Å². The Kier molecular flexibility index (Phi) is 10.8. The number of benzene rings is 1. The van der Waals surface area contributed by atoms with Crippen molar-refractivity contribution in [3.05, 3.63) is 48.6 Å². The molecule has 5 heteroatoms. The summed E-state index contributed by atoms with van der Waals surface area (Å²) in [6.07, 6.45) is 15.1. The third-order valence-electron chi connectivity index (χ3n) is 5.50. The molecule has 1 aliphatic rings. The smallest absolute Gasteiger partial charge is 0.330 e. The maximum atomic E-state index is 12.4. The lowest BCUT2D eigenvalue weighted by Crippen LogP contribution is -2.30. The van der Waals surface area contributed by atoms with E-state index in [-0.39, 0.29) is 30.1 Å². The van der Waals surface area contributed by atoms with Gasteiger partial charge in [-0.3, -0.25) is 14.5 Å². The highest BCUT2D eigenvalue weighted by Crippen LogP contribution is 2.28. The summed E-state index contributed by atoms with van der Waals surface area (Å²) in [5, 5.41) is 0. The molecule has 168 valence electrons. The number of rotatable bonds is 14. The lowest BCUT2D eigenvalue weighted by atomic mass is 10.0. The summed E-state index contributed by atoms with van der Waals surface area (Å²) in [4.78, 5) is 37.7. The van der Waals surface area contributed by atoms with Crippen molar-refractivity contribution >= 4 is 29.5 Å². The Bertz CT molecular complexity index is 766. The fourth-order valence-electron chi connectivity index (χ4n) is 3.71. The molecule has 0 N–H and O–H groups in total. The summed E-state index contributed by atoms with van der Waals surface area (Å²) in [7, 11) is 0. The van der Waals surface area contributed by atoms with Crippen LogP contribution in [0.2, 0.25) is 0 Å². The van der Waals surface area contributed by atoms with Crippen LogP contribution in [0.3, 0.4) is 0 Å². The van der Waals surface area contributed by atoms with Gasteiger partial charge in [0.1, 0.15) is 0 Å². The highest BCUT2D eigenvalue weighted by atomic mass is 16.5. The lowest BCUT2D eigenvalue weighted by molar-refractivity contribution is -0.137. The molecular formula is C26H35NO4. The van der Waals surface area contributed by atoms with Crippen LogP contribution in [0.15, 0.2) is 43.0 Å². The number of hydrogen-bond donors (Lipinski definition) is 0. The molecule has 1 aromatic carbocycles. The molecule has 1 atom stereocenters. The zero-order valence-corrected chi connectivity index (χ0v) is 18.7. The van der Waals surface area contributed by atoms with Gasteiger partial charge in [0.2, 0.25) is 11.8 Å². The van der Waals surface area contributed by atoms with Gasteiger partial charge in [-0.25, -0.2) is 4.79 Å². The standard InChI is InChI=1S/C26H35NO4/c1-3-5-6-7-8-9-10-11-19-31-25(29)18-15-21-13-16-23(17-14-21)27-24(28)20-22(12-4-2)26(27)30/h4,13-18,22H,2-3,5-12,19-20H2,1H3. The van der Waals surface area contributed by atoms with Crippen LogP contribution in [-0.2, 0) is 19.1 Å². The monoisotopic (exact) mass is 425 g/mol. The number of carbonyl (C=O) groups excluding carboxylic acids is 3. The van der Waals surface area contributed by atoms with Crippen molar-refractivity contribution in [3.63, 3.8) is 0 Å². The summed E-state index contributed by atoms with van der Waals surface area (Å²) in [5.41, 5.74) is 1.35. The number of imide groups is 1. The van der Waals surface area contributed by atoms with Crippen LogP contribution in [0.5, 0.6) is 0 Å². The number of amides is 2. The molecule has 0 aromatic heterocycles. The van der Waals surface area contributed by atoms with Crippen molar-refractivity contribution in [1.29, 1.82) is 0 Å². The fourth-order valence-corrected chi connectivity index (χ4v) is 3.71. The number of ether oxygens (including phenoxy) is 1. The first-order valence-electron chi connectivity index (χ1n) is 11.5. The molecule has 31 heavy (non-hydrogen) atoms. The minimum absolute atomic E-state index is 0.183. The van der Waals surface area contributed by atoms with Gasteiger partial charge in [-0.1, -0.05) is 70.1 Å². The summed E-state index contributed by atoms with van der Waals surface area (Å²) in [5.74, 6) is -1.05. The second-order valence-corrected chi connectivity index (χ2v) is 8.06. The third kappa shape index (κ3) is 8.16. The van der Waals surface area contributed by atoms with E-state index >= 15 is 0 Å². The number of hydrogen-bond acceptors (Lipinski definition) is 4. The van der Waals surface area contributed by atoms with Gasteiger partial charge in [-0.05, 0) is 36.6 Å². The number of anilines is 1. The van der Waals surface area contributed by atoms with E-state index in [0.29, 0.717) is 18.7 Å². The van der Waals surface area contributed by atoms with E-state index in [1.165, 1.54) is 49.5 Å². The van der Waals surface area contributed by atoms with Crippen LogP contribution in [0.4, 0.5) is 5.69 Å². The summed E-state index contributed by atoms with van der Waals surface area (Å²) in [6, 6.07) is 6.99. The molecule has 0 saturated carbocycles. The van der Waals surface area contributed by atoms with Gasteiger partial charge in [0, 0.05) is 12.5 Å². The fraction of sp³-hybridized carbons (Fsp3) is 0.500. The van der Waals surface area contributed by atoms with Crippen LogP contribution in [0.1, 0.15) is 76.7 Å². The molecule has 0 bridgehead atoms. The lowest BCUT2D eigenvalue weighted by Gasteiger charge is -2.14. The Hall–Kier alpha value is -2.69. The Labute approximate surface area is 186 Å². The first-order valence-corrected chi connectivity index (χ1v) is 11.5. The van der Waals surface area contributed by atoms with Gasteiger partial charge in [-0.15, -0.1) is 6.58 Å². The summed E-state index contributed by atoms with van der Waals surface area (Å²) < 4.78 is 5.25. The predicted octanol–water partition coefficient (Wildman–Crippen LogP) is 5.84. The molecule has 1 aromatic rings. The Morgan fingerprint density at radius 3 is 2.35 bits per heavy atom. The highest BCUT2D eigenvalue weighted by molar-refractivity contribution is 6.21. The quantitative estimate of drug-likeness (QED) is 0.123. The van der Waals surface area contributed by atoms with Crippen LogP contribution in [-0.4, -0.2) is 24.4 Å². The van der Waals surface area contributed by atoms with E-state index in [0.717, 1.165) is 18.4 Å². The van der Waals surface area contributed by atoms with Crippen molar-refractivity contribution in [2.45, 2.75) is 71.1 Å². The SMILES string of the molecule is C=CCC1CC(=O)N(c2ccc(C=CC(=O)OCCCCCCCCCC)cc2)C1=O. The molecule has 2 rings (SSSR count). The van der Waals surface area contributed by atoms with Gasteiger partial charge in [0.25, 0.3) is 0 Å². The number of esters is 1. The molecule has 0 spiro atoms. The molecule has 5 nitrogen and oxygen atoms in total. The second-order valence-electron chi connectivity index (χ2n) is 8.06. The first kappa shape index (κ1) is 24.6. The number of unbranched alkanes of at least 4 members (excludes halogenated alkanes) is 7. The van der Waals surface area contributed by atoms with E-state index in [1.54, 1.807) is 36.4 Å². The summed E-state index contributed by atoms with van der Waals surface area (Å²) >= 11 is 0. The molecule has 1 fully saturated rings. The van der Waals surface area contributed by atoms with Crippen LogP contribution < -0.4 is 4.90 Å². The third-order valence-corrected chi connectivity index (χ3v) is 5.50. The molecule has 0 radical (unpaired) electrons. The van der Waals surface area contributed by atoms with E-state index in [2.05, 4.69) is 13.5 Å².